The zero-order valence-corrected chi connectivity index (χ0v) is 9.63. The highest BCUT2D eigenvalue weighted by atomic mass is 19.1. The van der Waals surface area contributed by atoms with E-state index in [2.05, 4.69) is 9.80 Å². The molecular weight excluding hydrogens is 193 g/mol. The Labute approximate surface area is 92.4 Å². The van der Waals surface area contributed by atoms with E-state index in [1.54, 1.807) is 0 Å². The van der Waals surface area contributed by atoms with Crippen LogP contribution in [0.1, 0.15) is 19.3 Å². The average Bonchev–Trinajstić information content (AvgIpc) is 2.28. The molecule has 0 saturated carbocycles. The predicted molar refractivity (Wildman–Crippen MR) is 61.8 cm³/mol. The molecule has 0 aliphatic carbocycles. The highest BCUT2D eigenvalue weighted by molar-refractivity contribution is 4.71. The first-order valence-electron chi connectivity index (χ1n) is 6.07. The van der Waals surface area contributed by atoms with Gasteiger partial charge < -0.3 is 15.5 Å². The van der Waals surface area contributed by atoms with Crippen molar-refractivity contribution in [1.29, 1.82) is 0 Å². The summed E-state index contributed by atoms with van der Waals surface area (Å²) in [6, 6.07) is 0. The molecule has 1 fully saturated rings. The van der Waals surface area contributed by atoms with Crippen LogP contribution in [0.15, 0.2) is 0 Å². The minimum atomic E-state index is -0.184. The number of unbranched alkanes of at least 4 members (excludes halogenated alkanes) is 1. The predicted octanol–water partition coefficient (Wildman–Crippen LogP) is 0.702. The van der Waals surface area contributed by atoms with Crippen LogP contribution in [0, 0.1) is 0 Å². The number of piperazine rings is 1. The molecule has 0 radical (unpaired) electrons. The molecule has 1 saturated heterocycles. The number of hydrogen-bond donors (Lipinski definition) is 1. The van der Waals surface area contributed by atoms with E-state index in [9.17, 15) is 4.39 Å². The Morgan fingerprint density at radius 2 is 1.40 bits per heavy atom. The van der Waals surface area contributed by atoms with E-state index in [1.807, 2.05) is 0 Å². The molecule has 3 nitrogen and oxygen atoms in total. The monoisotopic (exact) mass is 217 g/mol. The van der Waals surface area contributed by atoms with Crippen molar-refractivity contribution in [2.45, 2.75) is 19.3 Å². The van der Waals surface area contributed by atoms with Crippen molar-refractivity contribution in [3.05, 3.63) is 0 Å². The molecule has 0 aromatic heterocycles. The molecule has 1 heterocycles. The number of alkyl halides is 1. The Hall–Kier alpha value is -0.190. The normalized spacial score (nSPS) is 19.6. The minimum Gasteiger partial charge on any atom is -0.330 e. The molecule has 15 heavy (non-hydrogen) atoms. The van der Waals surface area contributed by atoms with Crippen molar-refractivity contribution in [2.24, 2.45) is 5.73 Å². The van der Waals surface area contributed by atoms with Crippen LogP contribution < -0.4 is 5.73 Å². The molecule has 1 aliphatic rings. The van der Waals surface area contributed by atoms with E-state index in [4.69, 9.17) is 5.73 Å². The molecule has 1 rings (SSSR count). The van der Waals surface area contributed by atoms with Crippen LogP contribution in [0.5, 0.6) is 0 Å². The third kappa shape index (κ3) is 5.44. The fraction of sp³-hybridized carbons (Fsp3) is 1.00. The zero-order valence-electron chi connectivity index (χ0n) is 9.63. The first-order valence-corrected chi connectivity index (χ1v) is 6.07. The van der Waals surface area contributed by atoms with E-state index in [-0.39, 0.29) is 6.67 Å². The van der Waals surface area contributed by atoms with Crippen LogP contribution in [0.4, 0.5) is 4.39 Å². The Morgan fingerprint density at radius 3 is 1.87 bits per heavy atom. The number of hydrogen-bond acceptors (Lipinski definition) is 3. The summed E-state index contributed by atoms with van der Waals surface area (Å²) >= 11 is 0. The van der Waals surface area contributed by atoms with Gasteiger partial charge in [0.05, 0.1) is 6.67 Å². The quantitative estimate of drug-likeness (QED) is 0.637. The Kier molecular flexibility index (Phi) is 6.88. The van der Waals surface area contributed by atoms with Crippen LogP contribution in [-0.2, 0) is 0 Å². The highest BCUT2D eigenvalue weighted by Crippen LogP contribution is 2.04. The summed E-state index contributed by atoms with van der Waals surface area (Å²) in [5.74, 6) is 0. The van der Waals surface area contributed by atoms with Gasteiger partial charge >= 0.3 is 0 Å². The van der Waals surface area contributed by atoms with Gasteiger partial charge in [0.1, 0.15) is 0 Å². The van der Waals surface area contributed by atoms with E-state index < -0.39 is 0 Å². The van der Waals surface area contributed by atoms with Gasteiger partial charge in [0, 0.05) is 32.7 Å². The van der Waals surface area contributed by atoms with Gasteiger partial charge in [0.15, 0.2) is 0 Å². The summed E-state index contributed by atoms with van der Waals surface area (Å²) in [5.41, 5.74) is 5.46. The summed E-state index contributed by atoms with van der Waals surface area (Å²) in [5, 5.41) is 0. The van der Waals surface area contributed by atoms with Crippen molar-refractivity contribution in [3.8, 4) is 0 Å². The SMILES string of the molecule is NCCCCN1CCN(CCCF)CC1. The van der Waals surface area contributed by atoms with Gasteiger partial charge in [-0.3, -0.25) is 4.39 Å². The summed E-state index contributed by atoms with van der Waals surface area (Å²) in [6.45, 7) is 7.19. The molecule has 0 unspecified atom stereocenters. The fourth-order valence-corrected chi connectivity index (χ4v) is 2.00. The zero-order chi connectivity index (χ0) is 10.9. The highest BCUT2D eigenvalue weighted by Gasteiger charge is 2.15. The maximum atomic E-state index is 12.0. The molecule has 0 aromatic carbocycles. The van der Waals surface area contributed by atoms with Crippen LogP contribution in [0.3, 0.4) is 0 Å². The summed E-state index contributed by atoms with van der Waals surface area (Å²) in [7, 11) is 0. The lowest BCUT2D eigenvalue weighted by molar-refractivity contribution is 0.128. The number of rotatable bonds is 7. The van der Waals surface area contributed by atoms with Crippen molar-refractivity contribution in [3.63, 3.8) is 0 Å². The third-order valence-corrected chi connectivity index (χ3v) is 3.00. The first-order chi connectivity index (χ1) is 7.36. The summed E-state index contributed by atoms with van der Waals surface area (Å²) in [6.07, 6.45) is 3.02. The Balaban J connectivity index is 2.02. The van der Waals surface area contributed by atoms with Gasteiger partial charge in [0.25, 0.3) is 0 Å². The Bertz CT molecular complexity index is 147. The van der Waals surface area contributed by atoms with Crippen LogP contribution >= 0.6 is 0 Å². The molecule has 0 aromatic rings. The molecule has 0 atom stereocenters. The lowest BCUT2D eigenvalue weighted by Gasteiger charge is -2.34. The molecule has 0 amide bonds. The topological polar surface area (TPSA) is 32.5 Å². The van der Waals surface area contributed by atoms with Crippen LogP contribution in [0.2, 0.25) is 0 Å². The molecule has 0 spiro atoms. The van der Waals surface area contributed by atoms with Gasteiger partial charge in [-0.25, -0.2) is 0 Å². The number of nitrogens with zero attached hydrogens (tertiary/aromatic N) is 2. The standard InChI is InChI=1S/C11H24FN3/c12-4-3-7-15-10-8-14(9-11-15)6-2-1-5-13/h1-11,13H2. The Morgan fingerprint density at radius 1 is 0.867 bits per heavy atom. The lowest BCUT2D eigenvalue weighted by atomic mass is 10.2. The van der Waals surface area contributed by atoms with Crippen molar-refractivity contribution in [2.75, 3.05) is 52.5 Å². The molecule has 90 valence electrons. The van der Waals surface area contributed by atoms with Crippen molar-refractivity contribution in [1.82, 2.24) is 9.80 Å². The maximum absolute atomic E-state index is 12.0. The molecular formula is C11H24FN3. The van der Waals surface area contributed by atoms with Crippen LogP contribution in [0.25, 0.3) is 0 Å². The summed E-state index contributed by atoms with van der Waals surface area (Å²) in [4.78, 5) is 4.85. The van der Waals surface area contributed by atoms with Crippen LogP contribution in [-0.4, -0.2) is 62.3 Å². The van der Waals surface area contributed by atoms with E-state index in [0.717, 1.165) is 45.7 Å². The fourth-order valence-electron chi connectivity index (χ4n) is 2.00. The largest absolute Gasteiger partial charge is 0.330 e. The second-order valence-electron chi connectivity index (χ2n) is 4.22. The molecule has 4 heteroatoms. The van der Waals surface area contributed by atoms with Gasteiger partial charge in [-0.15, -0.1) is 0 Å². The van der Waals surface area contributed by atoms with Gasteiger partial charge in [0.2, 0.25) is 0 Å². The number of nitrogens with two attached hydrogens (primary N) is 1. The first kappa shape index (κ1) is 12.9. The smallest absolute Gasteiger partial charge is 0.0906 e. The molecule has 0 bridgehead atoms. The lowest BCUT2D eigenvalue weighted by Crippen LogP contribution is -2.46. The second-order valence-corrected chi connectivity index (χ2v) is 4.22. The number of halogens is 1. The van der Waals surface area contributed by atoms with E-state index >= 15 is 0 Å². The van der Waals surface area contributed by atoms with Gasteiger partial charge in [-0.2, -0.15) is 0 Å². The average molecular weight is 217 g/mol. The van der Waals surface area contributed by atoms with E-state index in [1.165, 1.54) is 13.0 Å². The molecule has 2 N–H and O–H groups in total. The maximum Gasteiger partial charge on any atom is 0.0906 e. The van der Waals surface area contributed by atoms with Gasteiger partial charge in [-0.05, 0) is 32.4 Å². The third-order valence-electron chi connectivity index (χ3n) is 3.00. The molecule has 1 aliphatic heterocycles. The van der Waals surface area contributed by atoms with Crippen molar-refractivity contribution >= 4 is 0 Å². The van der Waals surface area contributed by atoms with Crippen molar-refractivity contribution < 1.29 is 4.39 Å². The van der Waals surface area contributed by atoms with Gasteiger partial charge in [-0.1, -0.05) is 0 Å². The minimum absolute atomic E-state index is 0.184. The van der Waals surface area contributed by atoms with E-state index in [0.29, 0.717) is 6.42 Å². The summed E-state index contributed by atoms with van der Waals surface area (Å²) < 4.78 is 12.0. The second kappa shape index (κ2) is 8.02.